The molecule has 0 saturated heterocycles. The summed E-state index contributed by atoms with van der Waals surface area (Å²) in [5.74, 6) is -0.169. The number of rotatable bonds is 3. The predicted molar refractivity (Wildman–Crippen MR) is 143 cm³/mol. The van der Waals surface area contributed by atoms with E-state index >= 15 is 0 Å². The third kappa shape index (κ3) is 6.82. The largest absolute Gasteiger partial charge is 0.507 e. The average molecular weight is 449 g/mol. The predicted octanol–water partition coefficient (Wildman–Crippen LogP) is 8.66. The van der Waals surface area contributed by atoms with Crippen molar-refractivity contribution in [3.8, 4) is 0 Å². The van der Waals surface area contributed by atoms with Crippen molar-refractivity contribution in [3.63, 3.8) is 0 Å². The molecule has 0 radical (unpaired) electrons. The second-order valence-corrected chi connectivity index (χ2v) is 13.5. The highest BCUT2D eigenvalue weighted by Gasteiger charge is 2.24. The lowest BCUT2D eigenvalue weighted by Gasteiger charge is -2.26. The second-order valence-electron chi connectivity index (χ2n) is 13.5. The van der Waals surface area contributed by atoms with Gasteiger partial charge in [0.2, 0.25) is 0 Å². The van der Waals surface area contributed by atoms with Gasteiger partial charge in [-0.15, -0.1) is 0 Å². The second kappa shape index (κ2) is 8.78. The molecule has 0 amide bonds. The molecule has 0 bridgehead atoms. The van der Waals surface area contributed by atoms with Crippen LogP contribution in [0.15, 0.2) is 42.5 Å². The highest BCUT2D eigenvalue weighted by molar-refractivity contribution is 6.08. The lowest BCUT2D eigenvalue weighted by molar-refractivity contribution is 0.104. The molecule has 0 heterocycles. The number of carbonyl (C=O) groups excluding carboxylic acids is 1. The monoisotopic (exact) mass is 448 g/mol. The molecule has 2 aromatic rings. The molecule has 0 atom stereocenters. The molecule has 0 saturated carbocycles. The fraction of sp³-hybridized carbons (Fsp3) is 0.516. The van der Waals surface area contributed by atoms with Crippen molar-refractivity contribution in [2.45, 2.75) is 105 Å². The maximum absolute atomic E-state index is 13.3. The molecule has 2 heteroatoms. The van der Waals surface area contributed by atoms with E-state index in [1.54, 1.807) is 0 Å². The summed E-state index contributed by atoms with van der Waals surface area (Å²) < 4.78 is 0. The lowest BCUT2D eigenvalue weighted by atomic mass is 9.79. The van der Waals surface area contributed by atoms with E-state index in [0.29, 0.717) is 11.1 Å². The van der Waals surface area contributed by atoms with E-state index < -0.39 is 0 Å². The van der Waals surface area contributed by atoms with Gasteiger partial charge < -0.3 is 5.11 Å². The molecule has 0 aliphatic rings. The molecule has 2 aromatic carbocycles. The first-order valence-electron chi connectivity index (χ1n) is 12.0. The summed E-state index contributed by atoms with van der Waals surface area (Å²) in [7, 11) is 0. The molecule has 180 valence electrons. The van der Waals surface area contributed by atoms with Gasteiger partial charge in [0, 0.05) is 17.2 Å². The van der Waals surface area contributed by atoms with Crippen molar-refractivity contribution in [2.75, 3.05) is 0 Å². The molecule has 0 aliphatic carbocycles. The highest BCUT2D eigenvalue weighted by Crippen LogP contribution is 2.33. The van der Waals surface area contributed by atoms with E-state index in [9.17, 15) is 9.90 Å². The maximum Gasteiger partial charge on any atom is 0.189 e. The lowest BCUT2D eigenvalue weighted by Crippen LogP contribution is -2.18. The van der Waals surface area contributed by atoms with Crippen LogP contribution in [0.4, 0.5) is 0 Å². The molecule has 1 N–H and O–H groups in total. The van der Waals surface area contributed by atoms with E-state index in [0.717, 1.165) is 22.3 Å². The third-order valence-electron chi connectivity index (χ3n) is 6.18. The van der Waals surface area contributed by atoms with Crippen LogP contribution in [0.1, 0.15) is 121 Å². The minimum Gasteiger partial charge on any atom is -0.507 e. The smallest absolute Gasteiger partial charge is 0.189 e. The Bertz CT molecular complexity index is 992. The van der Waals surface area contributed by atoms with Crippen LogP contribution in [-0.2, 0) is 21.7 Å². The molecule has 2 rings (SSSR count). The topological polar surface area (TPSA) is 37.3 Å². The first-order chi connectivity index (χ1) is 14.7. The molecule has 0 aromatic heterocycles. The van der Waals surface area contributed by atoms with Gasteiger partial charge in [-0.2, -0.15) is 0 Å². The Balaban J connectivity index is 2.62. The number of benzene rings is 2. The summed E-state index contributed by atoms with van der Waals surface area (Å²) >= 11 is 0. The van der Waals surface area contributed by atoms with Gasteiger partial charge in [0.05, 0.1) is 0 Å². The summed E-state index contributed by atoms with van der Waals surface area (Å²) in [6.07, 6.45) is 1.38. The first-order valence-corrected chi connectivity index (χ1v) is 12.0. The Morgan fingerprint density at radius 1 is 0.545 bits per heavy atom. The fourth-order valence-corrected chi connectivity index (χ4v) is 3.57. The number of aliphatic hydroxyl groups excluding tert-OH is 1. The summed E-state index contributed by atoms with van der Waals surface area (Å²) in [5, 5.41) is 11.0. The molecule has 0 fully saturated rings. The average Bonchev–Trinajstić information content (AvgIpc) is 2.64. The zero-order valence-corrected chi connectivity index (χ0v) is 22.9. The van der Waals surface area contributed by atoms with Crippen LogP contribution in [-0.4, -0.2) is 10.9 Å². The zero-order valence-electron chi connectivity index (χ0n) is 22.9. The van der Waals surface area contributed by atoms with Gasteiger partial charge in [0.15, 0.2) is 5.78 Å². The quantitative estimate of drug-likeness (QED) is 0.290. The minimum absolute atomic E-state index is 0.00932. The van der Waals surface area contributed by atoms with Gasteiger partial charge in [-0.1, -0.05) is 95.2 Å². The minimum atomic E-state index is -0.178. The van der Waals surface area contributed by atoms with Crippen LogP contribution in [0.5, 0.6) is 0 Å². The molecular formula is C31H44O2. The third-order valence-corrected chi connectivity index (χ3v) is 6.18. The van der Waals surface area contributed by atoms with Gasteiger partial charge in [0.1, 0.15) is 5.76 Å². The number of hydrogen-bond donors (Lipinski definition) is 1. The van der Waals surface area contributed by atoms with Crippen LogP contribution in [0, 0.1) is 0 Å². The summed E-state index contributed by atoms with van der Waals surface area (Å²) in [5.41, 5.74) is 5.53. The van der Waals surface area contributed by atoms with E-state index in [4.69, 9.17) is 0 Å². The molecule has 33 heavy (non-hydrogen) atoms. The maximum atomic E-state index is 13.3. The van der Waals surface area contributed by atoms with E-state index in [2.05, 4.69) is 95.2 Å². The Morgan fingerprint density at radius 2 is 0.818 bits per heavy atom. The standard InChI is InChI=1S/C31H44O2/c1-28(2,3)22-13-20(14-23(17-22)29(4,5)6)26(32)19-27(33)21-15-24(30(7,8)9)18-25(16-21)31(10,11)12/h13-19,32H,1-12H3. The van der Waals surface area contributed by atoms with Gasteiger partial charge in [0.25, 0.3) is 0 Å². The highest BCUT2D eigenvalue weighted by atomic mass is 16.3. The zero-order chi connectivity index (χ0) is 25.6. The molecule has 0 aliphatic heterocycles. The van der Waals surface area contributed by atoms with Gasteiger partial charge >= 0.3 is 0 Å². The Kier molecular flexibility index (Phi) is 7.16. The van der Waals surface area contributed by atoms with E-state index in [1.165, 1.54) is 6.08 Å². The molecule has 0 unspecified atom stereocenters. The normalized spacial score (nSPS) is 13.9. The Labute approximate surface area is 202 Å². The number of ketones is 1. The molecular weight excluding hydrogens is 404 g/mol. The number of allylic oxidation sites excluding steroid dienone is 1. The first kappa shape index (κ1) is 26.9. The van der Waals surface area contributed by atoms with E-state index in [1.807, 2.05) is 24.3 Å². The number of hydrogen-bond acceptors (Lipinski definition) is 2. The van der Waals surface area contributed by atoms with Gasteiger partial charge in [-0.3, -0.25) is 4.79 Å². The summed E-state index contributed by atoms with van der Waals surface area (Å²) in [6.45, 7) is 25.9. The Morgan fingerprint density at radius 3 is 1.09 bits per heavy atom. The van der Waals surface area contributed by atoms with Crippen molar-refractivity contribution in [3.05, 3.63) is 75.9 Å². The Hall–Kier alpha value is -2.35. The van der Waals surface area contributed by atoms with Gasteiger partial charge in [-0.05, 0) is 68.2 Å². The van der Waals surface area contributed by atoms with Crippen LogP contribution >= 0.6 is 0 Å². The van der Waals surface area contributed by atoms with Crippen molar-refractivity contribution in [1.29, 1.82) is 0 Å². The fourth-order valence-electron chi connectivity index (χ4n) is 3.57. The van der Waals surface area contributed by atoms with Crippen LogP contribution in [0.25, 0.3) is 5.76 Å². The van der Waals surface area contributed by atoms with Crippen LogP contribution in [0.3, 0.4) is 0 Å². The van der Waals surface area contributed by atoms with Crippen molar-refractivity contribution >= 4 is 11.5 Å². The number of carbonyl (C=O) groups is 1. The SMILES string of the molecule is CC(C)(C)c1cc(C(=O)C=C(O)c2cc(C(C)(C)C)cc(C(C)(C)C)c2)cc(C(C)(C)C)c1. The van der Waals surface area contributed by atoms with Crippen LogP contribution in [0.2, 0.25) is 0 Å². The van der Waals surface area contributed by atoms with E-state index in [-0.39, 0.29) is 33.2 Å². The molecule has 2 nitrogen and oxygen atoms in total. The van der Waals surface area contributed by atoms with Crippen LogP contribution < -0.4 is 0 Å². The number of aliphatic hydroxyl groups is 1. The summed E-state index contributed by atoms with van der Waals surface area (Å²) in [4.78, 5) is 13.3. The van der Waals surface area contributed by atoms with Crippen molar-refractivity contribution in [1.82, 2.24) is 0 Å². The summed E-state index contributed by atoms with van der Waals surface area (Å²) in [6, 6.07) is 12.3. The van der Waals surface area contributed by atoms with Gasteiger partial charge in [-0.25, -0.2) is 0 Å². The molecule has 0 spiro atoms. The van der Waals surface area contributed by atoms with Crippen molar-refractivity contribution < 1.29 is 9.90 Å². The van der Waals surface area contributed by atoms with Crippen molar-refractivity contribution in [2.24, 2.45) is 0 Å².